The molecule has 0 saturated carbocycles. The Kier molecular flexibility index (Phi) is 3.33. The highest BCUT2D eigenvalue weighted by molar-refractivity contribution is 6.41. The SMILES string of the molecule is N#Cc1ccc2c(c1)C(c1ccccc1)=C(c1ccccc1)C2=O. The molecule has 0 atom stereocenters. The van der Waals surface area contributed by atoms with Crippen molar-refractivity contribution in [1.82, 2.24) is 0 Å². The summed E-state index contributed by atoms with van der Waals surface area (Å²) in [5.74, 6) is 0.0135. The maximum atomic E-state index is 13.0. The number of hydrogen-bond acceptors (Lipinski definition) is 2. The second kappa shape index (κ2) is 5.64. The Labute approximate surface area is 140 Å². The molecule has 24 heavy (non-hydrogen) atoms. The van der Waals surface area contributed by atoms with Crippen LogP contribution in [0.25, 0.3) is 11.1 Å². The van der Waals surface area contributed by atoms with Crippen molar-refractivity contribution in [1.29, 1.82) is 5.26 Å². The van der Waals surface area contributed by atoms with Crippen molar-refractivity contribution in [2.24, 2.45) is 0 Å². The molecule has 0 radical (unpaired) electrons. The van der Waals surface area contributed by atoms with Crippen LogP contribution in [0.5, 0.6) is 0 Å². The van der Waals surface area contributed by atoms with Crippen LogP contribution in [-0.2, 0) is 0 Å². The molecule has 0 spiro atoms. The predicted octanol–water partition coefficient (Wildman–Crippen LogP) is 4.71. The smallest absolute Gasteiger partial charge is 0.194 e. The molecule has 2 nitrogen and oxygen atoms in total. The Morgan fingerprint density at radius 2 is 1.25 bits per heavy atom. The van der Waals surface area contributed by atoms with E-state index in [2.05, 4.69) is 6.07 Å². The first-order valence-corrected chi connectivity index (χ1v) is 7.74. The fourth-order valence-corrected chi connectivity index (χ4v) is 3.19. The fraction of sp³-hybridized carbons (Fsp3) is 0. The summed E-state index contributed by atoms with van der Waals surface area (Å²) in [5.41, 5.74) is 5.54. The molecule has 1 aliphatic rings. The molecule has 0 N–H and O–H groups in total. The molecule has 0 amide bonds. The van der Waals surface area contributed by atoms with Gasteiger partial charge in [0.25, 0.3) is 0 Å². The summed E-state index contributed by atoms with van der Waals surface area (Å²) in [5, 5.41) is 9.22. The molecule has 0 saturated heterocycles. The van der Waals surface area contributed by atoms with E-state index < -0.39 is 0 Å². The van der Waals surface area contributed by atoms with Crippen LogP contribution in [0.4, 0.5) is 0 Å². The average molecular weight is 307 g/mol. The maximum absolute atomic E-state index is 13.0. The number of rotatable bonds is 2. The van der Waals surface area contributed by atoms with Gasteiger partial charge in [0.2, 0.25) is 0 Å². The number of nitrogens with zero attached hydrogens (tertiary/aromatic N) is 1. The lowest BCUT2D eigenvalue weighted by molar-refractivity contribution is 0.105. The molecule has 3 aromatic carbocycles. The van der Waals surface area contributed by atoms with Crippen LogP contribution in [0.1, 0.15) is 32.6 Å². The molecular formula is C22H13NO. The van der Waals surface area contributed by atoms with E-state index in [0.29, 0.717) is 16.7 Å². The summed E-state index contributed by atoms with van der Waals surface area (Å²) in [6, 6.07) is 27.0. The van der Waals surface area contributed by atoms with Gasteiger partial charge in [-0.3, -0.25) is 4.79 Å². The van der Waals surface area contributed by atoms with Gasteiger partial charge in [-0.2, -0.15) is 5.26 Å². The monoisotopic (exact) mass is 307 g/mol. The van der Waals surface area contributed by atoms with Crippen molar-refractivity contribution in [2.75, 3.05) is 0 Å². The average Bonchev–Trinajstić information content (AvgIpc) is 2.95. The number of Topliss-reactive ketones (excluding diaryl/α,β-unsaturated/α-hetero) is 1. The lowest BCUT2D eigenvalue weighted by Crippen LogP contribution is -1.98. The molecule has 3 aromatic rings. The number of hydrogen-bond donors (Lipinski definition) is 0. The van der Waals surface area contributed by atoms with E-state index in [1.54, 1.807) is 12.1 Å². The molecule has 2 heteroatoms. The Hall–Kier alpha value is -3.44. The number of benzene rings is 3. The third-order valence-corrected chi connectivity index (χ3v) is 4.26. The van der Waals surface area contributed by atoms with Gasteiger partial charge < -0.3 is 0 Å². The van der Waals surface area contributed by atoms with E-state index in [0.717, 1.165) is 22.3 Å². The molecule has 0 unspecified atom stereocenters. The highest BCUT2D eigenvalue weighted by Crippen LogP contribution is 2.42. The second-order valence-corrected chi connectivity index (χ2v) is 5.68. The molecule has 0 aromatic heterocycles. The zero-order valence-corrected chi connectivity index (χ0v) is 12.9. The van der Waals surface area contributed by atoms with Crippen LogP contribution in [0.2, 0.25) is 0 Å². The lowest BCUT2D eigenvalue weighted by Gasteiger charge is -2.08. The first-order valence-electron chi connectivity index (χ1n) is 7.74. The largest absolute Gasteiger partial charge is 0.289 e. The minimum Gasteiger partial charge on any atom is -0.289 e. The third kappa shape index (κ3) is 2.15. The molecule has 0 aliphatic heterocycles. The number of allylic oxidation sites excluding steroid dienone is 1. The molecule has 0 heterocycles. The minimum atomic E-state index is 0.0135. The van der Waals surface area contributed by atoms with E-state index >= 15 is 0 Å². The molecule has 0 bridgehead atoms. The summed E-state index contributed by atoms with van der Waals surface area (Å²) in [7, 11) is 0. The zero-order chi connectivity index (χ0) is 16.5. The van der Waals surface area contributed by atoms with Crippen LogP contribution in [-0.4, -0.2) is 5.78 Å². The fourth-order valence-electron chi connectivity index (χ4n) is 3.19. The van der Waals surface area contributed by atoms with Gasteiger partial charge in [-0.05, 0) is 34.9 Å². The normalized spacial score (nSPS) is 12.9. The summed E-state index contributed by atoms with van der Waals surface area (Å²) in [4.78, 5) is 13.0. The van der Waals surface area contributed by atoms with Gasteiger partial charge in [-0.1, -0.05) is 60.7 Å². The van der Waals surface area contributed by atoms with E-state index in [4.69, 9.17) is 0 Å². The predicted molar refractivity (Wildman–Crippen MR) is 94.3 cm³/mol. The van der Waals surface area contributed by atoms with Crippen LogP contribution in [0, 0.1) is 11.3 Å². The highest BCUT2D eigenvalue weighted by atomic mass is 16.1. The van der Waals surface area contributed by atoms with Gasteiger partial charge in [0.15, 0.2) is 5.78 Å². The van der Waals surface area contributed by atoms with Crippen molar-refractivity contribution in [3.63, 3.8) is 0 Å². The van der Waals surface area contributed by atoms with Gasteiger partial charge in [-0.25, -0.2) is 0 Å². The van der Waals surface area contributed by atoms with Crippen molar-refractivity contribution in [3.8, 4) is 6.07 Å². The number of carbonyl (C=O) groups excluding carboxylic acids is 1. The van der Waals surface area contributed by atoms with Crippen molar-refractivity contribution < 1.29 is 4.79 Å². The van der Waals surface area contributed by atoms with Crippen LogP contribution in [0.3, 0.4) is 0 Å². The van der Waals surface area contributed by atoms with Crippen LogP contribution >= 0.6 is 0 Å². The molecular weight excluding hydrogens is 294 g/mol. The Morgan fingerprint density at radius 3 is 1.83 bits per heavy atom. The number of carbonyl (C=O) groups is 1. The molecule has 112 valence electrons. The first kappa shape index (κ1) is 14.2. The topological polar surface area (TPSA) is 40.9 Å². The standard InChI is InChI=1S/C22H13NO/c23-14-15-11-12-18-19(13-15)20(16-7-3-1-4-8-16)21(22(18)24)17-9-5-2-6-10-17/h1-13H. The van der Waals surface area contributed by atoms with Crippen LogP contribution < -0.4 is 0 Å². The first-order chi connectivity index (χ1) is 11.8. The zero-order valence-electron chi connectivity index (χ0n) is 12.9. The summed E-state index contributed by atoms with van der Waals surface area (Å²) in [6.07, 6.45) is 0. The minimum absolute atomic E-state index is 0.0135. The van der Waals surface area contributed by atoms with Crippen molar-refractivity contribution in [2.45, 2.75) is 0 Å². The Bertz CT molecular complexity index is 1010. The molecule has 1 aliphatic carbocycles. The number of nitriles is 1. The Morgan fingerprint density at radius 1 is 0.667 bits per heavy atom. The summed E-state index contributed by atoms with van der Waals surface area (Å²) < 4.78 is 0. The van der Waals surface area contributed by atoms with Crippen molar-refractivity contribution >= 4 is 16.9 Å². The highest BCUT2D eigenvalue weighted by Gasteiger charge is 2.31. The quantitative estimate of drug-likeness (QED) is 0.687. The van der Waals surface area contributed by atoms with E-state index in [-0.39, 0.29) is 5.78 Å². The van der Waals surface area contributed by atoms with E-state index in [1.807, 2.05) is 66.7 Å². The lowest BCUT2D eigenvalue weighted by atomic mass is 9.94. The van der Waals surface area contributed by atoms with E-state index in [9.17, 15) is 10.1 Å². The van der Waals surface area contributed by atoms with Gasteiger partial charge in [0, 0.05) is 16.7 Å². The van der Waals surface area contributed by atoms with Crippen molar-refractivity contribution in [3.05, 3.63) is 107 Å². The van der Waals surface area contributed by atoms with Gasteiger partial charge in [0.1, 0.15) is 0 Å². The van der Waals surface area contributed by atoms with Crippen LogP contribution in [0.15, 0.2) is 78.9 Å². The summed E-state index contributed by atoms with van der Waals surface area (Å²) in [6.45, 7) is 0. The Balaban J connectivity index is 2.06. The second-order valence-electron chi connectivity index (χ2n) is 5.68. The number of fused-ring (bicyclic) bond motifs is 1. The van der Waals surface area contributed by atoms with Gasteiger partial charge in [0.05, 0.1) is 11.6 Å². The van der Waals surface area contributed by atoms with E-state index in [1.165, 1.54) is 0 Å². The van der Waals surface area contributed by atoms with Gasteiger partial charge >= 0.3 is 0 Å². The maximum Gasteiger partial charge on any atom is 0.194 e. The molecule has 0 fully saturated rings. The number of ketones is 1. The third-order valence-electron chi connectivity index (χ3n) is 4.26. The molecule has 4 rings (SSSR count). The summed E-state index contributed by atoms with van der Waals surface area (Å²) >= 11 is 0. The van der Waals surface area contributed by atoms with Gasteiger partial charge in [-0.15, -0.1) is 0 Å².